The zero-order valence-electron chi connectivity index (χ0n) is 10.0. The van der Waals surface area contributed by atoms with Crippen molar-refractivity contribution < 1.29 is 9.53 Å². The maximum Gasteiger partial charge on any atom is 0.409 e. The summed E-state index contributed by atoms with van der Waals surface area (Å²) >= 11 is 0. The fourth-order valence-corrected chi connectivity index (χ4v) is 1.16. The van der Waals surface area contributed by atoms with E-state index < -0.39 is 0 Å². The van der Waals surface area contributed by atoms with Crippen LogP contribution in [0.25, 0.3) is 0 Å². The molecule has 0 aromatic heterocycles. The second-order valence-electron chi connectivity index (χ2n) is 4.03. The highest BCUT2D eigenvalue weighted by Crippen LogP contribution is 2.08. The van der Waals surface area contributed by atoms with Gasteiger partial charge in [0.25, 0.3) is 0 Å². The Hall–Kier alpha value is -0.730. The molecule has 0 unspecified atom stereocenters. The second kappa shape index (κ2) is 6.68. The van der Waals surface area contributed by atoms with Crippen molar-refractivity contribution in [3.8, 4) is 0 Å². The van der Waals surface area contributed by atoms with Gasteiger partial charge in [-0.05, 0) is 27.2 Å². The van der Waals surface area contributed by atoms with Crippen LogP contribution in [0, 0.1) is 0 Å². The van der Waals surface area contributed by atoms with Gasteiger partial charge in [-0.15, -0.1) is 0 Å². The van der Waals surface area contributed by atoms with Crippen molar-refractivity contribution in [2.24, 2.45) is 0 Å². The van der Waals surface area contributed by atoms with E-state index in [2.05, 4.69) is 13.8 Å². The van der Waals surface area contributed by atoms with Crippen molar-refractivity contribution in [1.82, 2.24) is 4.90 Å². The first-order valence-electron chi connectivity index (χ1n) is 5.42. The van der Waals surface area contributed by atoms with Crippen molar-refractivity contribution in [2.75, 3.05) is 7.05 Å². The predicted octanol–water partition coefficient (Wildman–Crippen LogP) is 3.04. The lowest BCUT2D eigenvalue weighted by molar-refractivity contribution is 0.0731. The molecular weight excluding hydrogens is 178 g/mol. The minimum absolute atomic E-state index is 0.0386. The third-order valence-electron chi connectivity index (χ3n) is 2.26. The molecule has 0 saturated heterocycles. The standard InChI is InChI=1S/C11H23NO2/c1-6-7-8-10(4)12(5)11(13)14-9(2)3/h9-10H,6-8H2,1-5H3/t10-/m1/s1. The van der Waals surface area contributed by atoms with Crippen LogP contribution in [0.2, 0.25) is 0 Å². The first-order valence-corrected chi connectivity index (χ1v) is 5.42. The van der Waals surface area contributed by atoms with Gasteiger partial charge in [0.2, 0.25) is 0 Å². The Kier molecular flexibility index (Phi) is 6.34. The number of unbranched alkanes of at least 4 members (excludes halogenated alkanes) is 1. The van der Waals surface area contributed by atoms with Crippen LogP contribution in [0.1, 0.15) is 47.0 Å². The Morgan fingerprint density at radius 3 is 2.36 bits per heavy atom. The van der Waals surface area contributed by atoms with Crippen LogP contribution in [0.15, 0.2) is 0 Å². The monoisotopic (exact) mass is 201 g/mol. The van der Waals surface area contributed by atoms with Crippen molar-refractivity contribution in [3.05, 3.63) is 0 Å². The highest BCUT2D eigenvalue weighted by Gasteiger charge is 2.17. The summed E-state index contributed by atoms with van der Waals surface area (Å²) in [5.41, 5.74) is 0. The molecule has 84 valence electrons. The van der Waals surface area contributed by atoms with E-state index in [1.807, 2.05) is 13.8 Å². The molecule has 0 aromatic carbocycles. The van der Waals surface area contributed by atoms with Crippen LogP contribution in [-0.4, -0.2) is 30.2 Å². The lowest BCUT2D eigenvalue weighted by Crippen LogP contribution is -2.36. The van der Waals surface area contributed by atoms with Crippen molar-refractivity contribution >= 4 is 6.09 Å². The number of carbonyl (C=O) groups is 1. The maximum atomic E-state index is 11.5. The molecule has 0 heterocycles. The average molecular weight is 201 g/mol. The Bertz CT molecular complexity index is 169. The van der Waals surface area contributed by atoms with Crippen LogP contribution < -0.4 is 0 Å². The SMILES string of the molecule is CCCC[C@@H](C)N(C)C(=O)OC(C)C. The normalized spacial score (nSPS) is 12.7. The van der Waals surface area contributed by atoms with E-state index in [4.69, 9.17) is 4.74 Å². The van der Waals surface area contributed by atoms with Gasteiger partial charge in [0.1, 0.15) is 0 Å². The van der Waals surface area contributed by atoms with Gasteiger partial charge in [-0.3, -0.25) is 0 Å². The van der Waals surface area contributed by atoms with E-state index in [1.54, 1.807) is 11.9 Å². The molecule has 3 heteroatoms. The first kappa shape index (κ1) is 13.3. The largest absolute Gasteiger partial charge is 0.447 e. The van der Waals surface area contributed by atoms with Crippen molar-refractivity contribution in [2.45, 2.75) is 59.1 Å². The minimum Gasteiger partial charge on any atom is -0.447 e. The van der Waals surface area contributed by atoms with Crippen LogP contribution >= 0.6 is 0 Å². The molecule has 0 rings (SSSR count). The predicted molar refractivity (Wildman–Crippen MR) is 58.4 cm³/mol. The first-order chi connectivity index (χ1) is 6.49. The molecule has 0 N–H and O–H groups in total. The third-order valence-corrected chi connectivity index (χ3v) is 2.26. The Morgan fingerprint density at radius 2 is 1.93 bits per heavy atom. The molecule has 1 amide bonds. The van der Waals surface area contributed by atoms with Crippen LogP contribution in [-0.2, 0) is 4.74 Å². The number of amides is 1. The molecule has 14 heavy (non-hydrogen) atoms. The lowest BCUT2D eigenvalue weighted by atomic mass is 10.1. The minimum atomic E-state index is -0.219. The van der Waals surface area contributed by atoms with Gasteiger partial charge in [-0.1, -0.05) is 19.8 Å². The Balaban J connectivity index is 3.90. The number of hydrogen-bond donors (Lipinski definition) is 0. The molecular formula is C11H23NO2. The average Bonchev–Trinajstić information content (AvgIpc) is 2.11. The summed E-state index contributed by atoms with van der Waals surface area (Å²) in [5.74, 6) is 0. The van der Waals surface area contributed by atoms with Crippen LogP contribution in [0.4, 0.5) is 4.79 Å². The van der Waals surface area contributed by atoms with Gasteiger partial charge in [-0.25, -0.2) is 4.79 Å². The summed E-state index contributed by atoms with van der Waals surface area (Å²) in [7, 11) is 1.80. The fourth-order valence-electron chi connectivity index (χ4n) is 1.16. The van der Waals surface area contributed by atoms with Gasteiger partial charge >= 0.3 is 6.09 Å². The number of rotatable bonds is 5. The van der Waals surface area contributed by atoms with Gasteiger partial charge in [-0.2, -0.15) is 0 Å². The second-order valence-corrected chi connectivity index (χ2v) is 4.03. The number of hydrogen-bond acceptors (Lipinski definition) is 2. The highest BCUT2D eigenvalue weighted by atomic mass is 16.6. The molecule has 0 radical (unpaired) electrons. The Morgan fingerprint density at radius 1 is 1.36 bits per heavy atom. The smallest absolute Gasteiger partial charge is 0.409 e. The number of nitrogens with zero attached hydrogens (tertiary/aromatic N) is 1. The Labute approximate surface area is 87.4 Å². The zero-order chi connectivity index (χ0) is 11.1. The van der Waals surface area contributed by atoms with E-state index in [-0.39, 0.29) is 18.2 Å². The van der Waals surface area contributed by atoms with Gasteiger partial charge in [0, 0.05) is 13.1 Å². The molecule has 0 aliphatic heterocycles. The van der Waals surface area contributed by atoms with Gasteiger partial charge in [0.05, 0.1) is 6.10 Å². The van der Waals surface area contributed by atoms with E-state index >= 15 is 0 Å². The summed E-state index contributed by atoms with van der Waals surface area (Å²) in [6.07, 6.45) is 3.10. The number of carbonyl (C=O) groups excluding carboxylic acids is 1. The lowest BCUT2D eigenvalue weighted by Gasteiger charge is -2.25. The van der Waals surface area contributed by atoms with E-state index in [1.165, 1.54) is 0 Å². The molecule has 1 atom stereocenters. The summed E-state index contributed by atoms with van der Waals surface area (Å²) in [6.45, 7) is 7.93. The maximum absolute atomic E-state index is 11.5. The summed E-state index contributed by atoms with van der Waals surface area (Å²) < 4.78 is 5.10. The zero-order valence-corrected chi connectivity index (χ0v) is 10.0. The topological polar surface area (TPSA) is 29.5 Å². The van der Waals surface area contributed by atoms with E-state index in [0.717, 1.165) is 19.3 Å². The highest BCUT2D eigenvalue weighted by molar-refractivity contribution is 5.67. The quantitative estimate of drug-likeness (QED) is 0.684. The summed E-state index contributed by atoms with van der Waals surface area (Å²) in [4.78, 5) is 13.1. The number of ether oxygens (including phenoxy) is 1. The molecule has 0 aliphatic carbocycles. The van der Waals surface area contributed by atoms with Gasteiger partial charge in [0.15, 0.2) is 0 Å². The molecule has 0 aromatic rings. The summed E-state index contributed by atoms with van der Waals surface area (Å²) in [5, 5.41) is 0. The third kappa shape index (κ3) is 5.10. The molecule has 0 fully saturated rings. The fraction of sp³-hybridized carbons (Fsp3) is 0.909. The van der Waals surface area contributed by atoms with E-state index in [9.17, 15) is 4.79 Å². The van der Waals surface area contributed by atoms with Crippen LogP contribution in [0.5, 0.6) is 0 Å². The molecule has 0 saturated carbocycles. The van der Waals surface area contributed by atoms with Crippen LogP contribution in [0.3, 0.4) is 0 Å². The molecule has 0 spiro atoms. The summed E-state index contributed by atoms with van der Waals surface area (Å²) in [6, 6.07) is 0.265. The van der Waals surface area contributed by atoms with Crippen molar-refractivity contribution in [3.63, 3.8) is 0 Å². The van der Waals surface area contributed by atoms with E-state index in [0.29, 0.717) is 0 Å². The molecule has 0 aliphatic rings. The molecule has 0 bridgehead atoms. The van der Waals surface area contributed by atoms with Crippen molar-refractivity contribution in [1.29, 1.82) is 0 Å². The van der Waals surface area contributed by atoms with Gasteiger partial charge < -0.3 is 9.64 Å². The molecule has 3 nitrogen and oxygen atoms in total.